The van der Waals surface area contributed by atoms with Gasteiger partial charge in [-0.25, -0.2) is 0 Å². The van der Waals surface area contributed by atoms with Gasteiger partial charge in [-0.15, -0.1) is 0 Å². The van der Waals surface area contributed by atoms with Crippen LogP contribution in [-0.2, 0) is 4.74 Å². The number of nitrogens with one attached hydrogen (secondary N) is 1. The Morgan fingerprint density at radius 1 is 1.37 bits per heavy atom. The van der Waals surface area contributed by atoms with Gasteiger partial charge >= 0.3 is 0 Å². The summed E-state index contributed by atoms with van der Waals surface area (Å²) in [6.45, 7) is 13.2. The van der Waals surface area contributed by atoms with Gasteiger partial charge in [-0.1, -0.05) is 20.8 Å². The van der Waals surface area contributed by atoms with E-state index in [1.807, 2.05) is 13.8 Å². The van der Waals surface area contributed by atoms with Crippen LogP contribution in [0.5, 0.6) is 0 Å². The quantitative estimate of drug-likeness (QED) is 0.625. The molecule has 0 aromatic carbocycles. The molecule has 0 amide bonds. The molecular weight excluding hydrogens is 238 g/mol. The first-order valence-corrected chi connectivity index (χ1v) is 7.35. The smallest absolute Gasteiger partial charge is 0.103 e. The Kier molecular flexibility index (Phi) is 9.85. The Morgan fingerprint density at radius 3 is 2.53 bits per heavy atom. The molecule has 0 aliphatic rings. The summed E-state index contributed by atoms with van der Waals surface area (Å²) in [4.78, 5) is 2.43. The Bertz CT molecular complexity index is 263. The SMILES string of the molecule is CCNC(C)(C#N)CCCN(CCOC)CC(C)C. The van der Waals surface area contributed by atoms with E-state index in [2.05, 4.69) is 30.1 Å². The Balaban J connectivity index is 4.12. The van der Waals surface area contributed by atoms with Crippen LogP contribution in [-0.4, -0.2) is 50.3 Å². The van der Waals surface area contributed by atoms with Crippen LogP contribution in [0.2, 0.25) is 0 Å². The minimum Gasteiger partial charge on any atom is -0.383 e. The molecule has 0 aromatic heterocycles. The average Bonchev–Trinajstić information content (AvgIpc) is 2.35. The highest BCUT2D eigenvalue weighted by Crippen LogP contribution is 2.12. The van der Waals surface area contributed by atoms with Gasteiger partial charge in [-0.3, -0.25) is 5.32 Å². The van der Waals surface area contributed by atoms with Gasteiger partial charge in [0.1, 0.15) is 5.54 Å². The van der Waals surface area contributed by atoms with Crippen LogP contribution in [0.4, 0.5) is 0 Å². The lowest BCUT2D eigenvalue weighted by Gasteiger charge is -2.27. The van der Waals surface area contributed by atoms with Gasteiger partial charge < -0.3 is 9.64 Å². The lowest BCUT2D eigenvalue weighted by molar-refractivity contribution is 0.137. The summed E-state index contributed by atoms with van der Waals surface area (Å²) in [5.41, 5.74) is -0.389. The first-order valence-electron chi connectivity index (χ1n) is 7.35. The molecule has 0 heterocycles. The normalized spacial score (nSPS) is 14.6. The standard InChI is InChI=1S/C15H31N3O/c1-6-17-15(4,13-16)8-7-9-18(10-11-19-5)12-14(2)3/h14,17H,6-12H2,1-5H3. The van der Waals surface area contributed by atoms with E-state index in [0.29, 0.717) is 5.92 Å². The lowest BCUT2D eigenvalue weighted by Crippen LogP contribution is -2.41. The first kappa shape index (κ1) is 18.4. The number of nitriles is 1. The zero-order chi connectivity index (χ0) is 14.7. The maximum absolute atomic E-state index is 9.22. The second-order valence-electron chi connectivity index (χ2n) is 5.77. The molecule has 0 spiro atoms. The number of nitrogens with zero attached hydrogens (tertiary/aromatic N) is 2. The van der Waals surface area contributed by atoms with E-state index in [9.17, 15) is 5.26 Å². The molecule has 0 saturated heterocycles. The Morgan fingerprint density at radius 2 is 2.05 bits per heavy atom. The van der Waals surface area contributed by atoms with Crippen molar-refractivity contribution in [1.29, 1.82) is 5.26 Å². The van der Waals surface area contributed by atoms with Crippen LogP contribution in [0.15, 0.2) is 0 Å². The van der Waals surface area contributed by atoms with Crippen molar-refractivity contribution in [3.05, 3.63) is 0 Å². The number of rotatable bonds is 11. The van der Waals surface area contributed by atoms with Crippen molar-refractivity contribution >= 4 is 0 Å². The summed E-state index contributed by atoms with van der Waals surface area (Å²) < 4.78 is 5.15. The monoisotopic (exact) mass is 269 g/mol. The molecule has 4 heteroatoms. The van der Waals surface area contributed by atoms with Gasteiger partial charge in [0.15, 0.2) is 0 Å². The molecule has 1 N–H and O–H groups in total. The highest BCUT2D eigenvalue weighted by atomic mass is 16.5. The molecular formula is C15H31N3O. The fraction of sp³-hybridized carbons (Fsp3) is 0.933. The van der Waals surface area contributed by atoms with Gasteiger partial charge in [-0.2, -0.15) is 5.26 Å². The number of ether oxygens (including phenoxy) is 1. The highest BCUT2D eigenvalue weighted by Gasteiger charge is 2.21. The largest absolute Gasteiger partial charge is 0.383 e. The van der Waals surface area contributed by atoms with E-state index >= 15 is 0 Å². The third kappa shape index (κ3) is 8.99. The van der Waals surface area contributed by atoms with E-state index in [-0.39, 0.29) is 5.54 Å². The summed E-state index contributed by atoms with van der Waals surface area (Å²) in [5.74, 6) is 0.660. The predicted molar refractivity (Wildman–Crippen MR) is 80.1 cm³/mol. The predicted octanol–water partition coefficient (Wildman–Crippen LogP) is 2.26. The third-order valence-electron chi connectivity index (χ3n) is 3.20. The van der Waals surface area contributed by atoms with E-state index in [1.165, 1.54) is 0 Å². The molecule has 0 aromatic rings. The molecule has 19 heavy (non-hydrogen) atoms. The molecule has 0 radical (unpaired) electrons. The van der Waals surface area contributed by atoms with Crippen LogP contribution in [0.3, 0.4) is 0 Å². The molecule has 0 fully saturated rings. The van der Waals surface area contributed by atoms with Gasteiger partial charge in [0.2, 0.25) is 0 Å². The molecule has 0 bridgehead atoms. The van der Waals surface area contributed by atoms with Gasteiger partial charge in [-0.05, 0) is 38.8 Å². The van der Waals surface area contributed by atoms with Crippen LogP contribution >= 0.6 is 0 Å². The zero-order valence-electron chi connectivity index (χ0n) is 13.3. The van der Waals surface area contributed by atoms with Crippen molar-refractivity contribution in [2.24, 2.45) is 5.92 Å². The molecule has 1 unspecified atom stereocenters. The van der Waals surface area contributed by atoms with Crippen molar-refractivity contribution < 1.29 is 4.74 Å². The molecule has 0 aliphatic carbocycles. The van der Waals surface area contributed by atoms with Crippen LogP contribution in [0, 0.1) is 17.2 Å². The first-order chi connectivity index (χ1) is 8.97. The van der Waals surface area contributed by atoms with Crippen LogP contribution in [0.25, 0.3) is 0 Å². The summed E-state index contributed by atoms with van der Waals surface area (Å²) in [6, 6.07) is 2.38. The molecule has 1 atom stereocenters. The van der Waals surface area contributed by atoms with Gasteiger partial charge in [0, 0.05) is 20.2 Å². The summed E-state index contributed by atoms with van der Waals surface area (Å²) in [5, 5.41) is 12.5. The van der Waals surface area contributed by atoms with E-state index in [1.54, 1.807) is 7.11 Å². The van der Waals surface area contributed by atoms with E-state index in [0.717, 1.165) is 45.6 Å². The van der Waals surface area contributed by atoms with E-state index < -0.39 is 0 Å². The molecule has 112 valence electrons. The van der Waals surface area contributed by atoms with Crippen molar-refractivity contribution in [3.63, 3.8) is 0 Å². The minimum absolute atomic E-state index is 0.389. The maximum atomic E-state index is 9.22. The summed E-state index contributed by atoms with van der Waals surface area (Å²) in [7, 11) is 1.74. The fourth-order valence-electron chi connectivity index (χ4n) is 2.26. The Hall–Kier alpha value is -0.630. The Labute approximate surface area is 119 Å². The molecule has 4 nitrogen and oxygen atoms in total. The molecule has 0 rings (SSSR count). The number of hydrogen-bond donors (Lipinski definition) is 1. The van der Waals surface area contributed by atoms with Crippen molar-refractivity contribution in [2.75, 3.05) is 39.9 Å². The zero-order valence-corrected chi connectivity index (χ0v) is 13.3. The van der Waals surface area contributed by atoms with Gasteiger partial charge in [0.25, 0.3) is 0 Å². The second kappa shape index (κ2) is 10.2. The maximum Gasteiger partial charge on any atom is 0.103 e. The van der Waals surface area contributed by atoms with Gasteiger partial charge in [0.05, 0.1) is 12.7 Å². The van der Waals surface area contributed by atoms with Crippen molar-refractivity contribution in [3.8, 4) is 6.07 Å². The van der Waals surface area contributed by atoms with E-state index in [4.69, 9.17) is 4.74 Å². The summed E-state index contributed by atoms with van der Waals surface area (Å²) >= 11 is 0. The third-order valence-corrected chi connectivity index (χ3v) is 3.20. The second-order valence-corrected chi connectivity index (χ2v) is 5.77. The molecule has 0 saturated carbocycles. The minimum atomic E-state index is -0.389. The van der Waals surface area contributed by atoms with Crippen molar-refractivity contribution in [2.45, 2.75) is 46.1 Å². The highest BCUT2D eigenvalue weighted by molar-refractivity contribution is 5.03. The number of methoxy groups -OCH3 is 1. The lowest BCUT2D eigenvalue weighted by atomic mass is 9.97. The molecule has 0 aliphatic heterocycles. The topological polar surface area (TPSA) is 48.3 Å². The van der Waals surface area contributed by atoms with Crippen LogP contribution in [0.1, 0.15) is 40.5 Å². The fourth-order valence-corrected chi connectivity index (χ4v) is 2.26. The number of hydrogen-bond acceptors (Lipinski definition) is 4. The summed E-state index contributed by atoms with van der Waals surface area (Å²) in [6.07, 6.45) is 1.92. The van der Waals surface area contributed by atoms with Crippen LogP contribution < -0.4 is 5.32 Å². The van der Waals surface area contributed by atoms with Crippen molar-refractivity contribution in [1.82, 2.24) is 10.2 Å². The average molecular weight is 269 g/mol.